The molecule has 0 saturated heterocycles. The van der Waals surface area contributed by atoms with Gasteiger partial charge >= 0.3 is 0 Å². The highest BCUT2D eigenvalue weighted by atomic mass is 35.5. The van der Waals surface area contributed by atoms with Crippen molar-refractivity contribution in [2.24, 2.45) is 0 Å². The van der Waals surface area contributed by atoms with Crippen molar-refractivity contribution in [2.75, 3.05) is 0 Å². The molecule has 5 heteroatoms. The molecule has 0 radical (unpaired) electrons. The minimum Gasteiger partial charge on any atom is -0.283 e. The fraction of sp³-hybridized carbons (Fsp3) is 0. The number of fused-ring (bicyclic) bond motifs is 1. The summed E-state index contributed by atoms with van der Waals surface area (Å²) in [6.45, 7) is 0. The molecular weight excluding hydrogens is 296 g/mol. The van der Waals surface area contributed by atoms with E-state index < -0.39 is 0 Å². The molecule has 0 aliphatic rings. The zero-order chi connectivity index (χ0) is 14.9. The summed E-state index contributed by atoms with van der Waals surface area (Å²) in [6.07, 6.45) is 3.16. The highest BCUT2D eigenvalue weighted by Crippen LogP contribution is 2.23. The summed E-state index contributed by atoms with van der Waals surface area (Å²) in [5, 5.41) is 0.365. The molecular formula is C17H11ClN4. The molecule has 0 atom stereocenters. The molecule has 0 N–H and O–H groups in total. The van der Waals surface area contributed by atoms with Crippen molar-refractivity contribution in [3.8, 4) is 16.8 Å². The van der Waals surface area contributed by atoms with Crippen molar-refractivity contribution in [2.45, 2.75) is 0 Å². The van der Waals surface area contributed by atoms with Crippen LogP contribution in [0.2, 0.25) is 5.15 Å². The van der Waals surface area contributed by atoms with Crippen LogP contribution in [0, 0.1) is 0 Å². The first kappa shape index (κ1) is 13.0. The van der Waals surface area contributed by atoms with Gasteiger partial charge in [0.2, 0.25) is 0 Å². The van der Waals surface area contributed by atoms with Crippen molar-refractivity contribution in [3.63, 3.8) is 0 Å². The van der Waals surface area contributed by atoms with Crippen molar-refractivity contribution in [3.05, 3.63) is 72.4 Å². The van der Waals surface area contributed by atoms with Gasteiger partial charge in [-0.1, -0.05) is 54.1 Å². The Morgan fingerprint density at radius 2 is 1.50 bits per heavy atom. The number of imidazole rings is 1. The van der Waals surface area contributed by atoms with Gasteiger partial charge in [-0.05, 0) is 23.3 Å². The molecule has 0 bridgehead atoms. The molecule has 2 aromatic heterocycles. The van der Waals surface area contributed by atoms with Gasteiger partial charge in [-0.15, -0.1) is 0 Å². The van der Waals surface area contributed by atoms with E-state index in [1.54, 1.807) is 6.33 Å². The highest BCUT2D eigenvalue weighted by molar-refractivity contribution is 6.33. The summed E-state index contributed by atoms with van der Waals surface area (Å²) < 4.78 is 1.90. The van der Waals surface area contributed by atoms with Crippen molar-refractivity contribution >= 4 is 22.8 Å². The van der Waals surface area contributed by atoms with Gasteiger partial charge in [-0.2, -0.15) is 0 Å². The molecule has 0 amide bonds. The second-order valence-corrected chi connectivity index (χ2v) is 5.22. The topological polar surface area (TPSA) is 43.6 Å². The number of aromatic nitrogens is 4. The Hall–Kier alpha value is -2.72. The molecule has 0 fully saturated rings. The Bertz CT molecular complexity index is 930. The monoisotopic (exact) mass is 306 g/mol. The predicted molar refractivity (Wildman–Crippen MR) is 87.1 cm³/mol. The molecule has 0 unspecified atom stereocenters. The number of benzene rings is 2. The SMILES string of the molecule is Clc1ncnc2c1ncn2-c1ccc(-c2ccccc2)cc1. The molecule has 0 aliphatic carbocycles. The first-order valence-corrected chi connectivity index (χ1v) is 7.20. The van der Waals surface area contributed by atoms with E-state index >= 15 is 0 Å². The second kappa shape index (κ2) is 5.24. The molecule has 0 spiro atoms. The summed E-state index contributed by atoms with van der Waals surface area (Å²) in [5.41, 5.74) is 4.65. The van der Waals surface area contributed by atoms with Crippen molar-refractivity contribution in [1.82, 2.24) is 19.5 Å². The van der Waals surface area contributed by atoms with Gasteiger partial charge in [0.25, 0.3) is 0 Å². The summed E-state index contributed by atoms with van der Waals surface area (Å²) in [7, 11) is 0. The van der Waals surface area contributed by atoms with Crippen LogP contribution in [0.3, 0.4) is 0 Å². The lowest BCUT2D eigenvalue weighted by Gasteiger charge is -2.06. The first-order chi connectivity index (χ1) is 10.8. The van der Waals surface area contributed by atoms with Gasteiger partial charge in [0, 0.05) is 5.69 Å². The Labute approximate surface area is 132 Å². The first-order valence-electron chi connectivity index (χ1n) is 6.82. The lowest BCUT2D eigenvalue weighted by Crippen LogP contribution is -1.94. The molecule has 106 valence electrons. The molecule has 2 heterocycles. The molecule has 4 rings (SSSR count). The Morgan fingerprint density at radius 3 is 2.27 bits per heavy atom. The fourth-order valence-corrected chi connectivity index (χ4v) is 2.62. The third kappa shape index (κ3) is 2.14. The number of hydrogen-bond donors (Lipinski definition) is 0. The van der Waals surface area contributed by atoms with E-state index in [2.05, 4.69) is 39.2 Å². The molecule has 0 saturated carbocycles. The average molecular weight is 307 g/mol. The van der Waals surface area contributed by atoms with Crippen LogP contribution in [-0.4, -0.2) is 19.5 Å². The fourth-order valence-electron chi connectivity index (χ4n) is 2.44. The third-order valence-electron chi connectivity index (χ3n) is 3.54. The summed E-state index contributed by atoms with van der Waals surface area (Å²) >= 11 is 6.04. The largest absolute Gasteiger partial charge is 0.283 e. The number of hydrogen-bond acceptors (Lipinski definition) is 3. The minimum absolute atomic E-state index is 0.365. The maximum atomic E-state index is 6.04. The van der Waals surface area contributed by atoms with E-state index in [-0.39, 0.29) is 0 Å². The van der Waals surface area contributed by atoms with Gasteiger partial charge in [0.1, 0.15) is 18.2 Å². The van der Waals surface area contributed by atoms with Crippen molar-refractivity contribution in [1.29, 1.82) is 0 Å². The van der Waals surface area contributed by atoms with Crippen LogP contribution < -0.4 is 0 Å². The van der Waals surface area contributed by atoms with Crippen LogP contribution in [0.15, 0.2) is 67.3 Å². The van der Waals surface area contributed by atoms with Gasteiger partial charge < -0.3 is 0 Å². The van der Waals surface area contributed by atoms with E-state index in [0.717, 1.165) is 5.69 Å². The minimum atomic E-state index is 0.365. The third-order valence-corrected chi connectivity index (χ3v) is 3.82. The van der Waals surface area contributed by atoms with Crippen LogP contribution in [0.5, 0.6) is 0 Å². The van der Waals surface area contributed by atoms with Crippen molar-refractivity contribution < 1.29 is 0 Å². The molecule has 22 heavy (non-hydrogen) atoms. The van der Waals surface area contributed by atoms with Crippen LogP contribution in [-0.2, 0) is 0 Å². The summed E-state index contributed by atoms with van der Waals surface area (Å²) in [4.78, 5) is 12.5. The molecule has 4 nitrogen and oxygen atoms in total. The lowest BCUT2D eigenvalue weighted by atomic mass is 10.1. The molecule has 2 aromatic carbocycles. The van der Waals surface area contributed by atoms with E-state index in [9.17, 15) is 0 Å². The van der Waals surface area contributed by atoms with Gasteiger partial charge in [0.15, 0.2) is 10.8 Å². The smallest absolute Gasteiger partial charge is 0.169 e. The van der Waals surface area contributed by atoms with E-state index in [1.807, 2.05) is 34.9 Å². The van der Waals surface area contributed by atoms with Gasteiger partial charge in [-0.25, -0.2) is 15.0 Å². The number of nitrogens with zero attached hydrogens (tertiary/aromatic N) is 4. The standard InChI is InChI=1S/C17H11ClN4/c18-16-15-17(20-10-19-16)22(11-21-15)14-8-6-13(7-9-14)12-4-2-1-3-5-12/h1-11H. The van der Waals surface area contributed by atoms with E-state index in [0.29, 0.717) is 16.3 Å². The molecule has 0 aliphatic heterocycles. The summed E-state index contributed by atoms with van der Waals surface area (Å²) in [6, 6.07) is 18.5. The number of rotatable bonds is 2. The van der Waals surface area contributed by atoms with Crippen LogP contribution in [0.25, 0.3) is 28.0 Å². The zero-order valence-electron chi connectivity index (χ0n) is 11.5. The van der Waals surface area contributed by atoms with Crippen LogP contribution in [0.1, 0.15) is 0 Å². The normalized spacial score (nSPS) is 11.0. The van der Waals surface area contributed by atoms with Crippen LogP contribution in [0.4, 0.5) is 0 Å². The Balaban J connectivity index is 1.78. The maximum Gasteiger partial charge on any atom is 0.169 e. The quantitative estimate of drug-likeness (QED) is 0.523. The number of halogens is 1. The average Bonchev–Trinajstić information content (AvgIpc) is 3.01. The van der Waals surface area contributed by atoms with E-state index in [4.69, 9.17) is 11.6 Å². The zero-order valence-corrected chi connectivity index (χ0v) is 12.3. The Morgan fingerprint density at radius 1 is 0.773 bits per heavy atom. The van der Waals surface area contributed by atoms with E-state index in [1.165, 1.54) is 17.5 Å². The van der Waals surface area contributed by atoms with Crippen LogP contribution >= 0.6 is 11.6 Å². The highest BCUT2D eigenvalue weighted by Gasteiger charge is 2.09. The Kier molecular flexibility index (Phi) is 3.09. The predicted octanol–water partition coefficient (Wildman–Crippen LogP) is 4.14. The van der Waals surface area contributed by atoms with Gasteiger partial charge in [-0.3, -0.25) is 4.57 Å². The lowest BCUT2D eigenvalue weighted by molar-refractivity contribution is 1.06. The maximum absolute atomic E-state index is 6.04. The summed E-state index contributed by atoms with van der Waals surface area (Å²) in [5.74, 6) is 0. The van der Waals surface area contributed by atoms with Gasteiger partial charge in [0.05, 0.1) is 0 Å². The molecule has 4 aromatic rings. The second-order valence-electron chi connectivity index (χ2n) is 4.86.